The zero-order chi connectivity index (χ0) is 16.2. The highest BCUT2D eigenvalue weighted by molar-refractivity contribution is 5.91. The minimum Gasteiger partial charge on any atom is -0.341 e. The van der Waals surface area contributed by atoms with Gasteiger partial charge in [-0.3, -0.25) is 4.79 Å². The van der Waals surface area contributed by atoms with Crippen LogP contribution in [-0.2, 0) is 4.79 Å². The number of nitrogens with zero attached hydrogens (tertiary/aromatic N) is 1. The number of rotatable bonds is 4. The van der Waals surface area contributed by atoms with Crippen molar-refractivity contribution >= 4 is 24.3 Å². The second-order valence-corrected chi connectivity index (χ2v) is 6.76. The monoisotopic (exact) mass is 346 g/mol. The molecule has 1 aliphatic heterocycles. The number of nitrogens with two attached hydrogens (primary N) is 1. The molecule has 4 N–H and O–H groups in total. The predicted molar refractivity (Wildman–Crippen MR) is 93.6 cm³/mol. The van der Waals surface area contributed by atoms with Crippen LogP contribution in [0.15, 0.2) is 0 Å². The van der Waals surface area contributed by atoms with E-state index in [2.05, 4.69) is 10.6 Å². The topological polar surface area (TPSA) is 87.5 Å². The predicted octanol–water partition coefficient (Wildman–Crippen LogP) is 1.63. The number of urea groups is 1. The standard InChI is InChI=1S/C16H30N4O2.ClH/c1-3-18-15(22)19-16(8-4-5-9-16)14(21)20-10-6-13(7-11-20)12(2)17;/h12-13H,3-11,17H2,1-2H3,(H2,18,19,22);1H. The molecule has 1 atom stereocenters. The summed E-state index contributed by atoms with van der Waals surface area (Å²) in [6.07, 6.45) is 5.40. The smallest absolute Gasteiger partial charge is 0.315 e. The van der Waals surface area contributed by atoms with Gasteiger partial charge >= 0.3 is 6.03 Å². The maximum atomic E-state index is 13.0. The lowest BCUT2D eigenvalue weighted by molar-refractivity contribution is -0.139. The van der Waals surface area contributed by atoms with Gasteiger partial charge in [0, 0.05) is 25.7 Å². The first-order valence-corrected chi connectivity index (χ1v) is 8.59. The van der Waals surface area contributed by atoms with Crippen molar-refractivity contribution in [3.8, 4) is 0 Å². The van der Waals surface area contributed by atoms with E-state index in [9.17, 15) is 9.59 Å². The average Bonchev–Trinajstić information content (AvgIpc) is 2.96. The number of carbonyl (C=O) groups excluding carboxylic acids is 2. The average molecular weight is 347 g/mol. The van der Waals surface area contributed by atoms with Gasteiger partial charge in [-0.05, 0) is 45.4 Å². The highest BCUT2D eigenvalue weighted by atomic mass is 35.5. The van der Waals surface area contributed by atoms with Crippen molar-refractivity contribution in [2.45, 2.75) is 64.0 Å². The van der Waals surface area contributed by atoms with Crippen molar-refractivity contribution in [1.29, 1.82) is 0 Å². The van der Waals surface area contributed by atoms with Crippen LogP contribution in [0, 0.1) is 5.92 Å². The van der Waals surface area contributed by atoms with Crippen LogP contribution in [0.25, 0.3) is 0 Å². The molecule has 1 saturated heterocycles. The van der Waals surface area contributed by atoms with Crippen LogP contribution in [0.2, 0.25) is 0 Å². The second-order valence-electron chi connectivity index (χ2n) is 6.76. The molecule has 6 nitrogen and oxygen atoms in total. The Morgan fingerprint density at radius 2 is 1.83 bits per heavy atom. The lowest BCUT2D eigenvalue weighted by atomic mass is 9.88. The number of amides is 3. The van der Waals surface area contributed by atoms with Crippen LogP contribution in [0.1, 0.15) is 52.4 Å². The zero-order valence-corrected chi connectivity index (χ0v) is 15.1. The fourth-order valence-electron chi connectivity index (χ4n) is 3.72. The van der Waals surface area contributed by atoms with Crippen LogP contribution >= 0.6 is 12.4 Å². The molecule has 7 heteroatoms. The van der Waals surface area contributed by atoms with Crippen LogP contribution < -0.4 is 16.4 Å². The van der Waals surface area contributed by atoms with Crippen LogP contribution in [0.3, 0.4) is 0 Å². The summed E-state index contributed by atoms with van der Waals surface area (Å²) >= 11 is 0. The summed E-state index contributed by atoms with van der Waals surface area (Å²) in [7, 11) is 0. The molecular weight excluding hydrogens is 316 g/mol. The van der Waals surface area contributed by atoms with Crippen LogP contribution in [0.4, 0.5) is 4.79 Å². The summed E-state index contributed by atoms with van der Waals surface area (Å²) in [6.45, 7) is 5.99. The Labute approximate surface area is 145 Å². The van der Waals surface area contributed by atoms with E-state index >= 15 is 0 Å². The van der Waals surface area contributed by atoms with Gasteiger partial charge < -0.3 is 21.3 Å². The normalized spacial score (nSPS) is 22.1. The maximum absolute atomic E-state index is 13.0. The SMILES string of the molecule is CCNC(=O)NC1(C(=O)N2CCC(C(C)N)CC2)CCCC1.Cl. The number of carbonyl (C=O) groups is 2. The van der Waals surface area contributed by atoms with Gasteiger partial charge in [0.05, 0.1) is 0 Å². The summed E-state index contributed by atoms with van der Waals surface area (Å²) in [5.74, 6) is 0.597. The molecular formula is C16H31ClN4O2. The van der Waals surface area contributed by atoms with Gasteiger partial charge in [0.25, 0.3) is 0 Å². The van der Waals surface area contributed by atoms with E-state index in [0.717, 1.165) is 51.6 Å². The minimum atomic E-state index is -0.694. The number of hydrogen-bond donors (Lipinski definition) is 3. The van der Waals surface area contributed by atoms with Crippen molar-refractivity contribution in [1.82, 2.24) is 15.5 Å². The largest absolute Gasteiger partial charge is 0.341 e. The number of piperidine rings is 1. The quantitative estimate of drug-likeness (QED) is 0.723. The first-order chi connectivity index (χ1) is 10.5. The molecule has 1 heterocycles. The molecule has 0 aromatic carbocycles. The molecule has 0 radical (unpaired) electrons. The molecule has 134 valence electrons. The molecule has 2 rings (SSSR count). The van der Waals surface area contributed by atoms with E-state index in [1.54, 1.807) is 0 Å². The summed E-state index contributed by atoms with van der Waals surface area (Å²) in [4.78, 5) is 26.8. The van der Waals surface area contributed by atoms with E-state index in [4.69, 9.17) is 5.73 Å². The highest BCUT2D eigenvalue weighted by Crippen LogP contribution is 2.33. The molecule has 1 unspecified atom stereocenters. The fourth-order valence-corrected chi connectivity index (χ4v) is 3.72. The van der Waals surface area contributed by atoms with Gasteiger partial charge in [0.1, 0.15) is 5.54 Å². The van der Waals surface area contributed by atoms with Crippen molar-refractivity contribution in [3.63, 3.8) is 0 Å². The van der Waals surface area contributed by atoms with E-state index < -0.39 is 5.54 Å². The third-order valence-electron chi connectivity index (χ3n) is 5.13. The van der Waals surface area contributed by atoms with Crippen molar-refractivity contribution in [3.05, 3.63) is 0 Å². The van der Waals surface area contributed by atoms with E-state index in [-0.39, 0.29) is 30.4 Å². The number of hydrogen-bond acceptors (Lipinski definition) is 3. The van der Waals surface area contributed by atoms with E-state index in [0.29, 0.717) is 12.5 Å². The number of halogens is 1. The van der Waals surface area contributed by atoms with Gasteiger partial charge in [-0.1, -0.05) is 12.8 Å². The fraction of sp³-hybridized carbons (Fsp3) is 0.875. The van der Waals surface area contributed by atoms with Crippen LogP contribution in [-0.4, -0.2) is 48.1 Å². The highest BCUT2D eigenvalue weighted by Gasteiger charge is 2.45. The first-order valence-electron chi connectivity index (χ1n) is 8.59. The summed E-state index contributed by atoms with van der Waals surface area (Å²) in [6, 6.07) is -0.0469. The molecule has 23 heavy (non-hydrogen) atoms. The zero-order valence-electron chi connectivity index (χ0n) is 14.3. The Balaban J connectivity index is 0.00000264. The van der Waals surface area contributed by atoms with E-state index in [1.165, 1.54) is 0 Å². The van der Waals surface area contributed by atoms with Crippen LogP contribution in [0.5, 0.6) is 0 Å². The first kappa shape index (κ1) is 20.0. The molecule has 1 saturated carbocycles. The summed E-state index contributed by atoms with van der Waals surface area (Å²) in [5, 5.41) is 5.70. The van der Waals surface area contributed by atoms with Gasteiger partial charge in [-0.25, -0.2) is 4.79 Å². The molecule has 0 spiro atoms. The van der Waals surface area contributed by atoms with Crippen molar-refractivity contribution in [2.24, 2.45) is 11.7 Å². The van der Waals surface area contributed by atoms with Crippen molar-refractivity contribution < 1.29 is 9.59 Å². The summed E-state index contributed by atoms with van der Waals surface area (Å²) in [5.41, 5.74) is 5.27. The summed E-state index contributed by atoms with van der Waals surface area (Å²) < 4.78 is 0. The van der Waals surface area contributed by atoms with Crippen molar-refractivity contribution in [2.75, 3.05) is 19.6 Å². The molecule has 0 aromatic rings. The van der Waals surface area contributed by atoms with Gasteiger partial charge in [0.15, 0.2) is 0 Å². The lowest BCUT2D eigenvalue weighted by Crippen LogP contribution is -2.61. The Morgan fingerprint density at radius 1 is 1.26 bits per heavy atom. The third kappa shape index (κ3) is 4.73. The number of likely N-dealkylation sites (tertiary alicyclic amines) is 1. The Bertz CT molecular complexity index is 403. The molecule has 2 fully saturated rings. The Morgan fingerprint density at radius 3 is 2.30 bits per heavy atom. The number of nitrogens with one attached hydrogen (secondary N) is 2. The van der Waals surface area contributed by atoms with Gasteiger partial charge in [0.2, 0.25) is 5.91 Å². The molecule has 3 amide bonds. The molecule has 0 bridgehead atoms. The van der Waals surface area contributed by atoms with E-state index in [1.807, 2.05) is 18.7 Å². The van der Waals surface area contributed by atoms with Gasteiger partial charge in [-0.2, -0.15) is 0 Å². The third-order valence-corrected chi connectivity index (χ3v) is 5.13. The minimum absolute atomic E-state index is 0. The Kier molecular flexibility index (Phi) is 7.61. The molecule has 0 aromatic heterocycles. The molecule has 2 aliphatic rings. The maximum Gasteiger partial charge on any atom is 0.315 e. The Hall–Kier alpha value is -1.01. The molecule has 1 aliphatic carbocycles. The second kappa shape index (κ2) is 8.73. The van der Waals surface area contributed by atoms with Gasteiger partial charge in [-0.15, -0.1) is 12.4 Å². The lowest BCUT2D eigenvalue weighted by Gasteiger charge is -2.39.